The highest BCUT2D eigenvalue weighted by Crippen LogP contribution is 2.30. The van der Waals surface area contributed by atoms with E-state index in [4.69, 9.17) is 16.7 Å². The first-order valence-electron chi connectivity index (χ1n) is 4.48. The van der Waals surface area contributed by atoms with Crippen LogP contribution in [0, 0.1) is 0 Å². The van der Waals surface area contributed by atoms with E-state index in [1.54, 1.807) is 6.20 Å². The molecule has 0 unspecified atom stereocenters. The van der Waals surface area contributed by atoms with E-state index in [2.05, 4.69) is 9.97 Å². The monoisotopic (exact) mass is 240 g/mol. The van der Waals surface area contributed by atoms with Crippen LogP contribution in [0.15, 0.2) is 24.4 Å². The van der Waals surface area contributed by atoms with Gasteiger partial charge in [-0.25, -0.2) is 4.98 Å². The molecule has 2 rings (SSSR count). The lowest BCUT2D eigenvalue weighted by molar-refractivity contribution is 0.298. The first-order valence-corrected chi connectivity index (χ1v) is 5.68. The summed E-state index contributed by atoms with van der Waals surface area (Å²) in [6, 6.07) is 5.65. The van der Waals surface area contributed by atoms with Crippen LogP contribution >= 0.6 is 22.9 Å². The van der Waals surface area contributed by atoms with Gasteiger partial charge in [-0.15, -0.1) is 0 Å². The lowest BCUT2D eigenvalue weighted by Crippen LogP contribution is -1.91. The topological polar surface area (TPSA) is 46.0 Å². The van der Waals surface area contributed by atoms with E-state index in [-0.39, 0.29) is 6.61 Å². The Morgan fingerprint density at radius 1 is 1.40 bits per heavy atom. The number of aliphatic hydroxyl groups is 1. The van der Waals surface area contributed by atoms with Gasteiger partial charge >= 0.3 is 0 Å². The number of pyridine rings is 1. The molecule has 0 saturated carbocycles. The summed E-state index contributed by atoms with van der Waals surface area (Å²) < 4.78 is 0.629. The number of hydrogen-bond donors (Lipinski definition) is 1. The Kier molecular flexibility index (Phi) is 3.30. The minimum absolute atomic E-state index is 0.0606. The molecule has 0 aromatic carbocycles. The maximum atomic E-state index is 8.81. The lowest BCUT2D eigenvalue weighted by atomic mass is 10.3. The molecule has 1 N–H and O–H groups in total. The van der Waals surface area contributed by atoms with Crippen LogP contribution in [0.4, 0.5) is 0 Å². The molecule has 0 bridgehead atoms. The van der Waals surface area contributed by atoms with Crippen molar-refractivity contribution in [3.05, 3.63) is 34.4 Å². The van der Waals surface area contributed by atoms with Gasteiger partial charge in [0.05, 0.1) is 11.4 Å². The SMILES string of the molecule is OCCc1nc(-c2ccccn2)sc1Cl. The standard InChI is InChI=1S/C10H9ClN2OS/c11-9-7(4-6-14)13-10(15-9)8-3-1-2-5-12-8/h1-3,5,14H,4,6H2. The summed E-state index contributed by atoms with van der Waals surface area (Å²) in [5, 5.41) is 9.61. The van der Waals surface area contributed by atoms with Crippen molar-refractivity contribution in [3.63, 3.8) is 0 Å². The summed E-state index contributed by atoms with van der Waals surface area (Å²) in [5.41, 5.74) is 1.55. The number of aliphatic hydroxyl groups excluding tert-OH is 1. The Bertz CT molecular complexity index is 444. The zero-order valence-electron chi connectivity index (χ0n) is 7.85. The highest BCUT2D eigenvalue weighted by molar-refractivity contribution is 7.19. The van der Waals surface area contributed by atoms with Crippen LogP contribution in [0.5, 0.6) is 0 Å². The Labute approximate surface area is 96.4 Å². The van der Waals surface area contributed by atoms with Gasteiger partial charge < -0.3 is 5.11 Å². The molecule has 3 nitrogen and oxygen atoms in total. The smallest absolute Gasteiger partial charge is 0.143 e. The van der Waals surface area contributed by atoms with E-state index in [1.165, 1.54) is 11.3 Å². The molecule has 0 amide bonds. The predicted octanol–water partition coefficient (Wildman–Crippen LogP) is 2.39. The van der Waals surface area contributed by atoms with Crippen molar-refractivity contribution < 1.29 is 5.11 Å². The molecule has 2 heterocycles. The average molecular weight is 241 g/mol. The molecule has 0 fully saturated rings. The Balaban J connectivity index is 2.34. The van der Waals surface area contributed by atoms with Gasteiger partial charge in [-0.1, -0.05) is 29.0 Å². The highest BCUT2D eigenvalue weighted by atomic mass is 35.5. The third-order valence-corrected chi connectivity index (χ3v) is 3.24. The van der Waals surface area contributed by atoms with Crippen molar-refractivity contribution in [2.45, 2.75) is 6.42 Å². The second-order valence-electron chi connectivity index (χ2n) is 2.93. The third-order valence-electron chi connectivity index (χ3n) is 1.88. The first kappa shape index (κ1) is 10.5. The number of halogens is 1. The molecule has 0 radical (unpaired) electrons. The van der Waals surface area contributed by atoms with Gasteiger partial charge in [0.2, 0.25) is 0 Å². The number of rotatable bonds is 3. The molecular weight excluding hydrogens is 232 g/mol. The van der Waals surface area contributed by atoms with Gasteiger partial charge in [0.1, 0.15) is 9.34 Å². The Hall–Kier alpha value is -0.970. The predicted molar refractivity (Wildman–Crippen MR) is 61.1 cm³/mol. The van der Waals surface area contributed by atoms with E-state index in [1.807, 2.05) is 18.2 Å². The first-order chi connectivity index (χ1) is 7.31. The van der Waals surface area contributed by atoms with E-state index < -0.39 is 0 Å². The maximum absolute atomic E-state index is 8.81. The largest absolute Gasteiger partial charge is 0.396 e. The summed E-state index contributed by atoms with van der Waals surface area (Å²) in [6.45, 7) is 0.0606. The van der Waals surface area contributed by atoms with Crippen LogP contribution in [0.3, 0.4) is 0 Å². The van der Waals surface area contributed by atoms with Gasteiger partial charge in [-0.2, -0.15) is 0 Å². The molecule has 0 spiro atoms. The van der Waals surface area contributed by atoms with Crippen LogP contribution in [-0.4, -0.2) is 21.7 Å². The van der Waals surface area contributed by atoms with Gasteiger partial charge in [0.15, 0.2) is 0 Å². The Morgan fingerprint density at radius 2 is 2.27 bits per heavy atom. The minimum atomic E-state index is 0.0606. The fourth-order valence-corrected chi connectivity index (χ4v) is 2.36. The molecule has 0 aliphatic heterocycles. The third kappa shape index (κ3) is 2.34. The van der Waals surface area contributed by atoms with Crippen molar-refractivity contribution in [1.82, 2.24) is 9.97 Å². The summed E-state index contributed by atoms with van der Waals surface area (Å²) >= 11 is 7.38. The van der Waals surface area contributed by atoms with Crippen molar-refractivity contribution >= 4 is 22.9 Å². The summed E-state index contributed by atoms with van der Waals surface area (Å²) in [4.78, 5) is 8.52. The van der Waals surface area contributed by atoms with E-state index in [0.29, 0.717) is 10.8 Å². The molecule has 5 heteroatoms. The molecular formula is C10H9ClN2OS. The molecule has 0 aliphatic rings. The average Bonchev–Trinajstić information content (AvgIpc) is 2.63. The Morgan fingerprint density at radius 3 is 2.93 bits per heavy atom. The molecule has 2 aromatic rings. The molecule has 78 valence electrons. The van der Waals surface area contributed by atoms with E-state index >= 15 is 0 Å². The van der Waals surface area contributed by atoms with Crippen molar-refractivity contribution in [1.29, 1.82) is 0 Å². The summed E-state index contributed by atoms with van der Waals surface area (Å²) in [6.07, 6.45) is 2.21. The van der Waals surface area contributed by atoms with Crippen LogP contribution in [0.1, 0.15) is 5.69 Å². The molecule has 0 saturated heterocycles. The van der Waals surface area contributed by atoms with Crippen LogP contribution in [-0.2, 0) is 6.42 Å². The molecule has 2 aromatic heterocycles. The molecule has 0 atom stereocenters. The highest BCUT2D eigenvalue weighted by Gasteiger charge is 2.10. The lowest BCUT2D eigenvalue weighted by Gasteiger charge is -1.92. The van der Waals surface area contributed by atoms with Crippen LogP contribution in [0.25, 0.3) is 10.7 Å². The number of aromatic nitrogens is 2. The second-order valence-corrected chi connectivity index (χ2v) is 4.53. The molecule has 0 aliphatic carbocycles. The van der Waals surface area contributed by atoms with E-state index in [0.717, 1.165) is 16.4 Å². The van der Waals surface area contributed by atoms with Crippen molar-refractivity contribution in [3.8, 4) is 10.7 Å². The van der Waals surface area contributed by atoms with Crippen molar-refractivity contribution in [2.24, 2.45) is 0 Å². The zero-order chi connectivity index (χ0) is 10.7. The normalized spacial score (nSPS) is 10.5. The fourth-order valence-electron chi connectivity index (χ4n) is 1.19. The van der Waals surface area contributed by atoms with Gasteiger partial charge in [0.25, 0.3) is 0 Å². The van der Waals surface area contributed by atoms with Crippen LogP contribution < -0.4 is 0 Å². The van der Waals surface area contributed by atoms with E-state index in [9.17, 15) is 0 Å². The summed E-state index contributed by atoms with van der Waals surface area (Å²) in [5.74, 6) is 0. The van der Waals surface area contributed by atoms with Gasteiger partial charge in [-0.3, -0.25) is 4.98 Å². The zero-order valence-corrected chi connectivity index (χ0v) is 9.42. The quantitative estimate of drug-likeness (QED) is 0.896. The maximum Gasteiger partial charge on any atom is 0.143 e. The summed E-state index contributed by atoms with van der Waals surface area (Å²) in [7, 11) is 0. The van der Waals surface area contributed by atoms with Gasteiger partial charge in [-0.05, 0) is 12.1 Å². The van der Waals surface area contributed by atoms with Crippen LogP contribution in [0.2, 0.25) is 4.34 Å². The van der Waals surface area contributed by atoms with Gasteiger partial charge in [0, 0.05) is 19.2 Å². The number of nitrogens with zero attached hydrogens (tertiary/aromatic N) is 2. The molecule has 15 heavy (non-hydrogen) atoms. The number of hydrogen-bond acceptors (Lipinski definition) is 4. The number of thiazole rings is 1. The van der Waals surface area contributed by atoms with Crippen molar-refractivity contribution in [2.75, 3.05) is 6.61 Å². The fraction of sp³-hybridized carbons (Fsp3) is 0.200. The minimum Gasteiger partial charge on any atom is -0.396 e. The second kappa shape index (κ2) is 4.70.